The maximum atomic E-state index is 2.48. The molecule has 12 rings (SSSR count). The summed E-state index contributed by atoms with van der Waals surface area (Å²) in [5.41, 5.74) is 18.6. The Morgan fingerprint density at radius 1 is 0.317 bits per heavy atom. The molecule has 0 atom stereocenters. The van der Waals surface area contributed by atoms with Crippen molar-refractivity contribution in [1.29, 1.82) is 0 Å². The summed E-state index contributed by atoms with van der Waals surface area (Å²) in [6.07, 6.45) is 2.10. The van der Waals surface area contributed by atoms with Gasteiger partial charge in [0.15, 0.2) is 0 Å². The largest absolute Gasteiger partial charge is 0.310 e. The average molecular weight is 806 g/mol. The second kappa shape index (κ2) is 14.6. The van der Waals surface area contributed by atoms with E-state index in [0.717, 1.165) is 29.9 Å². The molecule has 0 spiro atoms. The molecule has 2 aliphatic carbocycles. The molecular weight excluding hydrogens is 759 g/mol. The maximum absolute atomic E-state index is 2.48. The van der Waals surface area contributed by atoms with Gasteiger partial charge in [-0.25, -0.2) is 0 Å². The van der Waals surface area contributed by atoms with Crippen LogP contribution in [0.25, 0.3) is 54.9 Å². The Balaban J connectivity index is 1.07. The van der Waals surface area contributed by atoms with Gasteiger partial charge in [0.25, 0.3) is 0 Å². The summed E-state index contributed by atoms with van der Waals surface area (Å²) >= 11 is 0. The van der Waals surface area contributed by atoms with E-state index in [1.165, 1.54) is 88.3 Å². The standard InChI is InChI=1S/C62H47N/c1-3-61(4-2)57-35-33-51(41-56(57)54-38-45-19-13-14-20-46(45)39-60(54)61)63(50-31-29-43(30-32-50)47-28-27-42-17-11-12-18-44(42)37-47)52-34-36-59-55(40-52)53-25-15-16-26-58(53)62(59,48-21-7-5-8-22-48)49-23-9-6-10-24-49/h5-41H,3-4H2,1-2H3. The first kappa shape index (κ1) is 37.3. The number of fused-ring (bicyclic) bond motifs is 8. The summed E-state index contributed by atoms with van der Waals surface area (Å²) in [5.74, 6) is 0. The minimum Gasteiger partial charge on any atom is -0.310 e. The molecule has 300 valence electrons. The molecule has 0 N–H and O–H groups in total. The molecule has 1 heteroatoms. The Labute approximate surface area is 370 Å². The summed E-state index contributed by atoms with van der Waals surface area (Å²) in [5, 5.41) is 5.10. The highest BCUT2D eigenvalue weighted by molar-refractivity contribution is 5.96. The van der Waals surface area contributed by atoms with E-state index >= 15 is 0 Å². The molecule has 0 radical (unpaired) electrons. The van der Waals surface area contributed by atoms with Crippen molar-refractivity contribution < 1.29 is 0 Å². The van der Waals surface area contributed by atoms with Gasteiger partial charge < -0.3 is 4.90 Å². The summed E-state index contributed by atoms with van der Waals surface area (Å²) in [6.45, 7) is 4.73. The van der Waals surface area contributed by atoms with Gasteiger partial charge >= 0.3 is 0 Å². The van der Waals surface area contributed by atoms with E-state index in [4.69, 9.17) is 0 Å². The fourth-order valence-electron chi connectivity index (χ4n) is 11.5. The van der Waals surface area contributed by atoms with Gasteiger partial charge in [0.2, 0.25) is 0 Å². The van der Waals surface area contributed by atoms with Gasteiger partial charge in [-0.15, -0.1) is 0 Å². The average Bonchev–Trinajstić information content (AvgIpc) is 3.80. The zero-order chi connectivity index (χ0) is 42.1. The summed E-state index contributed by atoms with van der Waals surface area (Å²) in [4.78, 5) is 2.48. The van der Waals surface area contributed by atoms with Crippen LogP contribution in [0.1, 0.15) is 60.1 Å². The number of benzene rings is 10. The van der Waals surface area contributed by atoms with Crippen molar-refractivity contribution in [2.45, 2.75) is 37.5 Å². The molecule has 10 aromatic carbocycles. The molecule has 0 saturated heterocycles. The lowest BCUT2D eigenvalue weighted by molar-refractivity contribution is 0.491. The van der Waals surface area contributed by atoms with Crippen molar-refractivity contribution in [3.8, 4) is 33.4 Å². The molecule has 10 aromatic rings. The maximum Gasteiger partial charge on any atom is 0.0713 e. The number of hydrogen-bond donors (Lipinski definition) is 0. The lowest BCUT2D eigenvalue weighted by atomic mass is 9.68. The van der Waals surface area contributed by atoms with Crippen LogP contribution in [0.15, 0.2) is 224 Å². The van der Waals surface area contributed by atoms with Crippen molar-refractivity contribution in [3.05, 3.63) is 258 Å². The van der Waals surface area contributed by atoms with Crippen molar-refractivity contribution in [2.24, 2.45) is 0 Å². The highest BCUT2D eigenvalue weighted by Gasteiger charge is 2.46. The third kappa shape index (κ3) is 5.56. The Hall–Kier alpha value is -7.48. The van der Waals surface area contributed by atoms with Crippen LogP contribution in [0.3, 0.4) is 0 Å². The van der Waals surface area contributed by atoms with E-state index in [1.807, 2.05) is 0 Å². The Morgan fingerprint density at radius 3 is 1.44 bits per heavy atom. The second-order valence-electron chi connectivity index (χ2n) is 17.5. The predicted octanol–water partition coefficient (Wildman–Crippen LogP) is 16.6. The summed E-state index contributed by atoms with van der Waals surface area (Å²) < 4.78 is 0. The smallest absolute Gasteiger partial charge is 0.0713 e. The van der Waals surface area contributed by atoms with Crippen molar-refractivity contribution in [2.75, 3.05) is 4.90 Å². The topological polar surface area (TPSA) is 3.24 Å². The molecule has 0 aromatic heterocycles. The molecule has 0 heterocycles. The number of hydrogen-bond acceptors (Lipinski definition) is 1. The quantitative estimate of drug-likeness (QED) is 0.148. The van der Waals surface area contributed by atoms with Crippen LogP contribution in [-0.4, -0.2) is 0 Å². The molecule has 0 bridgehead atoms. The molecule has 0 saturated carbocycles. The van der Waals surface area contributed by atoms with Gasteiger partial charge in [-0.1, -0.05) is 184 Å². The highest BCUT2D eigenvalue weighted by Crippen LogP contribution is 2.58. The van der Waals surface area contributed by atoms with E-state index in [-0.39, 0.29) is 5.41 Å². The van der Waals surface area contributed by atoms with Crippen molar-refractivity contribution in [3.63, 3.8) is 0 Å². The van der Waals surface area contributed by atoms with Gasteiger partial charge in [-0.05, 0) is 156 Å². The van der Waals surface area contributed by atoms with Crippen LogP contribution in [0, 0.1) is 0 Å². The number of anilines is 3. The van der Waals surface area contributed by atoms with Gasteiger partial charge in [-0.2, -0.15) is 0 Å². The zero-order valence-electron chi connectivity index (χ0n) is 35.7. The lowest BCUT2D eigenvalue weighted by Crippen LogP contribution is -2.28. The van der Waals surface area contributed by atoms with Crippen LogP contribution >= 0.6 is 0 Å². The first-order valence-corrected chi connectivity index (χ1v) is 22.5. The fourth-order valence-corrected chi connectivity index (χ4v) is 11.5. The molecular formula is C62H47N. The Kier molecular flexibility index (Phi) is 8.63. The van der Waals surface area contributed by atoms with Gasteiger partial charge in [0.1, 0.15) is 0 Å². The minimum atomic E-state index is -0.455. The van der Waals surface area contributed by atoms with E-state index in [9.17, 15) is 0 Å². The predicted molar refractivity (Wildman–Crippen MR) is 266 cm³/mol. The molecule has 1 nitrogen and oxygen atoms in total. The third-order valence-corrected chi connectivity index (χ3v) is 14.6. The molecule has 63 heavy (non-hydrogen) atoms. The number of rotatable bonds is 8. The molecule has 0 aliphatic heterocycles. The monoisotopic (exact) mass is 805 g/mol. The number of nitrogens with zero attached hydrogens (tertiary/aromatic N) is 1. The van der Waals surface area contributed by atoms with Crippen molar-refractivity contribution >= 4 is 38.6 Å². The van der Waals surface area contributed by atoms with Crippen LogP contribution in [-0.2, 0) is 10.8 Å². The van der Waals surface area contributed by atoms with Gasteiger partial charge in [-0.3, -0.25) is 0 Å². The third-order valence-electron chi connectivity index (χ3n) is 14.6. The zero-order valence-corrected chi connectivity index (χ0v) is 35.7. The lowest BCUT2D eigenvalue weighted by Gasteiger charge is -2.34. The summed E-state index contributed by atoms with van der Waals surface area (Å²) in [6, 6.07) is 84.1. The van der Waals surface area contributed by atoms with Crippen LogP contribution < -0.4 is 4.90 Å². The molecule has 2 aliphatic rings. The van der Waals surface area contributed by atoms with Crippen LogP contribution in [0.4, 0.5) is 17.1 Å². The minimum absolute atomic E-state index is 0.0327. The first-order valence-electron chi connectivity index (χ1n) is 22.5. The molecule has 0 fully saturated rings. The first-order chi connectivity index (χ1) is 31.1. The SMILES string of the molecule is CCC1(CC)c2ccc(N(c3ccc(-c4ccc5ccccc5c4)cc3)c3ccc4c(c3)-c3ccccc3C4(c3ccccc3)c3ccccc3)cc2-c2cc3ccccc3cc21. The van der Waals surface area contributed by atoms with Crippen molar-refractivity contribution in [1.82, 2.24) is 0 Å². The van der Waals surface area contributed by atoms with Crippen LogP contribution in [0.5, 0.6) is 0 Å². The molecule has 0 unspecified atom stereocenters. The van der Waals surface area contributed by atoms with Gasteiger partial charge in [0, 0.05) is 22.5 Å². The van der Waals surface area contributed by atoms with E-state index in [1.54, 1.807) is 0 Å². The van der Waals surface area contributed by atoms with Gasteiger partial charge in [0.05, 0.1) is 5.41 Å². The summed E-state index contributed by atoms with van der Waals surface area (Å²) in [7, 11) is 0. The highest BCUT2D eigenvalue weighted by atomic mass is 15.1. The Bertz CT molecular complexity index is 3320. The van der Waals surface area contributed by atoms with E-state index in [2.05, 4.69) is 243 Å². The van der Waals surface area contributed by atoms with E-state index in [0.29, 0.717) is 0 Å². The van der Waals surface area contributed by atoms with E-state index < -0.39 is 5.41 Å². The van der Waals surface area contributed by atoms with Crippen LogP contribution in [0.2, 0.25) is 0 Å². The molecule has 0 amide bonds. The fraction of sp³-hybridized carbons (Fsp3) is 0.0968. The normalized spacial score (nSPS) is 13.9. The second-order valence-corrected chi connectivity index (χ2v) is 17.5. The Morgan fingerprint density at radius 2 is 0.794 bits per heavy atom.